The molecular formula is C16H24F3N2O7P. The van der Waals surface area contributed by atoms with Crippen LogP contribution in [0.5, 0.6) is 0 Å². The van der Waals surface area contributed by atoms with Crippen molar-refractivity contribution in [3.05, 3.63) is 24.2 Å². The van der Waals surface area contributed by atoms with Crippen molar-refractivity contribution < 1.29 is 46.8 Å². The molecule has 29 heavy (non-hydrogen) atoms. The van der Waals surface area contributed by atoms with Gasteiger partial charge in [-0.05, 0) is 31.5 Å². The highest BCUT2D eigenvalue weighted by Crippen LogP contribution is 2.59. The van der Waals surface area contributed by atoms with Crippen LogP contribution in [-0.2, 0) is 20.7 Å². The molecule has 0 spiro atoms. The lowest BCUT2D eigenvalue weighted by Gasteiger charge is -2.42. The number of hydrogen-bond acceptors (Lipinski definition) is 6. The molecule has 2 heterocycles. The molecule has 1 aromatic heterocycles. The minimum atomic E-state index is -5.08. The number of halogens is 3. The molecule has 9 nitrogen and oxygen atoms in total. The number of furan rings is 1. The van der Waals surface area contributed by atoms with Crippen molar-refractivity contribution in [2.24, 2.45) is 5.73 Å². The third-order valence-electron chi connectivity index (χ3n) is 4.52. The number of carboxylic acids is 2. The molecule has 0 bridgehead atoms. The number of carbonyl (C=O) groups is 2. The van der Waals surface area contributed by atoms with E-state index in [0.717, 1.165) is 5.76 Å². The van der Waals surface area contributed by atoms with Gasteiger partial charge < -0.3 is 25.3 Å². The lowest BCUT2D eigenvalue weighted by atomic mass is 9.99. The summed E-state index contributed by atoms with van der Waals surface area (Å²) in [5.41, 5.74) is 5.45. The zero-order chi connectivity index (χ0) is 22.3. The predicted molar refractivity (Wildman–Crippen MR) is 95.6 cm³/mol. The molecule has 1 saturated heterocycles. The molecular weight excluding hydrogens is 420 g/mol. The summed E-state index contributed by atoms with van der Waals surface area (Å²) in [5, 5.41) is 15.2. The van der Waals surface area contributed by atoms with Crippen molar-refractivity contribution in [3.63, 3.8) is 0 Å². The first-order valence-corrected chi connectivity index (χ1v) is 10.5. The Morgan fingerprint density at radius 1 is 1.31 bits per heavy atom. The van der Waals surface area contributed by atoms with Crippen LogP contribution in [0.3, 0.4) is 0 Å². The molecule has 1 aromatic rings. The van der Waals surface area contributed by atoms with E-state index in [9.17, 15) is 32.5 Å². The first-order chi connectivity index (χ1) is 13.4. The molecule has 1 aliphatic rings. The Kier molecular flexibility index (Phi) is 8.88. The lowest BCUT2D eigenvalue weighted by Crippen LogP contribution is -2.53. The maximum absolute atomic E-state index is 12.6. The number of rotatable bonds is 7. The van der Waals surface area contributed by atoms with E-state index in [-0.39, 0.29) is 19.1 Å². The Morgan fingerprint density at radius 3 is 2.38 bits per heavy atom. The number of nitrogens with zero attached hydrogens (tertiary/aromatic N) is 1. The number of alkyl halides is 3. The Balaban J connectivity index is 0.000000516. The zero-order valence-electron chi connectivity index (χ0n) is 15.5. The first-order valence-electron chi connectivity index (χ1n) is 8.66. The molecule has 2 atom stereocenters. The Labute approximate surface area is 164 Å². The summed E-state index contributed by atoms with van der Waals surface area (Å²) in [4.78, 5) is 32.9. The van der Waals surface area contributed by atoms with Crippen LogP contribution in [0.4, 0.5) is 13.2 Å². The van der Waals surface area contributed by atoms with Gasteiger partial charge in [-0.2, -0.15) is 13.2 Å². The molecule has 0 aliphatic carbocycles. The van der Waals surface area contributed by atoms with Crippen LogP contribution in [-0.4, -0.2) is 69.1 Å². The lowest BCUT2D eigenvalue weighted by molar-refractivity contribution is -0.192. The molecule has 166 valence electrons. The van der Waals surface area contributed by atoms with Gasteiger partial charge in [-0.1, -0.05) is 6.42 Å². The van der Waals surface area contributed by atoms with Crippen molar-refractivity contribution in [2.45, 2.75) is 37.1 Å². The number of hydrogen-bond donors (Lipinski definition) is 4. The van der Waals surface area contributed by atoms with Crippen LogP contribution in [0.1, 0.15) is 25.0 Å². The Bertz CT molecular complexity index is 727. The smallest absolute Gasteiger partial charge is 0.480 e. The number of nitrogens with two attached hydrogens (primary N) is 1. The average molecular weight is 444 g/mol. The van der Waals surface area contributed by atoms with E-state index in [1.165, 1.54) is 0 Å². The highest BCUT2D eigenvalue weighted by molar-refractivity contribution is 7.61. The SMILES string of the molecule is NCCCCC1(C(=O)O)CN(Cc2ccco2)CCP1(=O)O.O=C(O)C(F)(F)F. The molecule has 0 radical (unpaired) electrons. The molecule has 1 aliphatic heterocycles. The van der Waals surface area contributed by atoms with Gasteiger partial charge in [-0.25, -0.2) is 4.79 Å². The normalized spacial score (nSPS) is 25.1. The largest absolute Gasteiger partial charge is 0.490 e. The van der Waals surface area contributed by atoms with Gasteiger partial charge in [-0.15, -0.1) is 0 Å². The summed E-state index contributed by atoms with van der Waals surface area (Å²) in [6.45, 7) is 1.34. The fourth-order valence-electron chi connectivity index (χ4n) is 2.95. The molecule has 0 amide bonds. The second-order valence-corrected chi connectivity index (χ2v) is 9.31. The number of unbranched alkanes of at least 4 members (excludes halogenated alkanes) is 1. The molecule has 1 fully saturated rings. The summed E-state index contributed by atoms with van der Waals surface area (Å²) in [6.07, 6.45) is -2.19. The molecule has 0 saturated carbocycles. The van der Waals surface area contributed by atoms with Crippen LogP contribution in [0.15, 0.2) is 22.8 Å². The van der Waals surface area contributed by atoms with Crippen molar-refractivity contribution in [2.75, 3.05) is 25.8 Å². The van der Waals surface area contributed by atoms with Crippen LogP contribution < -0.4 is 5.73 Å². The van der Waals surface area contributed by atoms with E-state index in [1.54, 1.807) is 12.3 Å². The van der Waals surface area contributed by atoms with Crippen molar-refractivity contribution >= 4 is 19.3 Å². The standard InChI is InChI=1S/C14H23N2O5P.C2HF3O2/c15-6-2-1-5-14(13(17)18)11-16(7-9-22(14,19)20)10-12-4-3-8-21-12;3-2(4,5)1(6)7/h3-4,8H,1-2,5-7,9-11,15H2,(H,17,18)(H,19,20);(H,6,7). The molecule has 0 aromatic carbocycles. The van der Waals surface area contributed by atoms with E-state index < -0.39 is 30.6 Å². The molecule has 2 rings (SSSR count). The van der Waals surface area contributed by atoms with E-state index in [2.05, 4.69) is 0 Å². The minimum absolute atomic E-state index is 0.0113. The average Bonchev–Trinajstić information content (AvgIpc) is 3.10. The van der Waals surface area contributed by atoms with Gasteiger partial charge in [0.05, 0.1) is 12.8 Å². The second-order valence-electron chi connectivity index (χ2n) is 6.60. The van der Waals surface area contributed by atoms with Crippen LogP contribution in [0.2, 0.25) is 0 Å². The summed E-state index contributed by atoms with van der Waals surface area (Å²) in [5.74, 6) is -3.23. The van der Waals surface area contributed by atoms with E-state index in [0.29, 0.717) is 32.5 Å². The molecule has 13 heteroatoms. The fraction of sp³-hybridized carbons (Fsp3) is 0.625. The topological polar surface area (TPSA) is 154 Å². The molecule has 2 unspecified atom stereocenters. The van der Waals surface area contributed by atoms with Gasteiger partial charge in [-0.3, -0.25) is 14.3 Å². The first kappa shape index (κ1) is 25.2. The van der Waals surface area contributed by atoms with Crippen LogP contribution in [0, 0.1) is 0 Å². The van der Waals surface area contributed by atoms with Crippen molar-refractivity contribution in [3.8, 4) is 0 Å². The van der Waals surface area contributed by atoms with Gasteiger partial charge in [0.15, 0.2) is 5.16 Å². The van der Waals surface area contributed by atoms with Crippen LogP contribution in [0.25, 0.3) is 0 Å². The Hall–Kier alpha value is -1.88. The van der Waals surface area contributed by atoms with Gasteiger partial charge in [0.2, 0.25) is 7.37 Å². The van der Waals surface area contributed by atoms with Gasteiger partial charge in [0.25, 0.3) is 0 Å². The summed E-state index contributed by atoms with van der Waals surface area (Å²) in [6, 6.07) is 3.58. The van der Waals surface area contributed by atoms with E-state index >= 15 is 0 Å². The van der Waals surface area contributed by atoms with Gasteiger partial charge in [0.1, 0.15) is 5.76 Å². The predicted octanol–water partition coefficient (Wildman–Crippen LogP) is 1.95. The zero-order valence-corrected chi connectivity index (χ0v) is 16.4. The second kappa shape index (κ2) is 10.2. The highest BCUT2D eigenvalue weighted by Gasteiger charge is 2.56. The summed E-state index contributed by atoms with van der Waals surface area (Å²) >= 11 is 0. The van der Waals surface area contributed by atoms with Gasteiger partial charge >= 0.3 is 18.1 Å². The maximum Gasteiger partial charge on any atom is 0.490 e. The fourth-order valence-corrected chi connectivity index (χ4v) is 5.16. The third kappa shape index (κ3) is 6.84. The number of aliphatic carboxylic acids is 2. The summed E-state index contributed by atoms with van der Waals surface area (Å²) < 4.78 is 49.6. The quantitative estimate of drug-likeness (QED) is 0.365. The van der Waals surface area contributed by atoms with Crippen molar-refractivity contribution in [1.29, 1.82) is 0 Å². The van der Waals surface area contributed by atoms with Crippen molar-refractivity contribution in [1.82, 2.24) is 4.90 Å². The van der Waals surface area contributed by atoms with E-state index in [1.807, 2.05) is 11.0 Å². The van der Waals surface area contributed by atoms with Crippen LogP contribution >= 0.6 is 7.37 Å². The number of carboxylic acid groups (broad SMARTS) is 2. The minimum Gasteiger partial charge on any atom is -0.480 e. The highest BCUT2D eigenvalue weighted by atomic mass is 31.2. The van der Waals surface area contributed by atoms with Gasteiger partial charge in [0, 0.05) is 19.3 Å². The summed E-state index contributed by atoms with van der Waals surface area (Å²) in [7, 11) is -3.76. The van der Waals surface area contributed by atoms with E-state index in [4.69, 9.17) is 20.1 Å². The Morgan fingerprint density at radius 2 is 1.93 bits per heavy atom. The molecule has 5 N–H and O–H groups in total. The monoisotopic (exact) mass is 444 g/mol. The third-order valence-corrected chi connectivity index (χ3v) is 7.22. The maximum atomic E-state index is 12.6.